The van der Waals surface area contributed by atoms with Crippen molar-refractivity contribution in [3.63, 3.8) is 0 Å². The predicted molar refractivity (Wildman–Crippen MR) is 135 cm³/mol. The van der Waals surface area contributed by atoms with Gasteiger partial charge in [0, 0.05) is 31.5 Å². The van der Waals surface area contributed by atoms with Gasteiger partial charge in [0.15, 0.2) is 0 Å². The summed E-state index contributed by atoms with van der Waals surface area (Å²) < 4.78 is 7.36. The van der Waals surface area contributed by atoms with Crippen molar-refractivity contribution in [3.05, 3.63) is 40.7 Å². The van der Waals surface area contributed by atoms with Gasteiger partial charge in [0.05, 0.1) is 24.4 Å². The molecule has 2 atom stereocenters. The van der Waals surface area contributed by atoms with Gasteiger partial charge in [-0.3, -0.25) is 23.9 Å². The Kier molecular flexibility index (Phi) is 9.84. The van der Waals surface area contributed by atoms with Crippen LogP contribution in [0.2, 0.25) is 5.02 Å². The van der Waals surface area contributed by atoms with Crippen LogP contribution < -0.4 is 26.0 Å². The molecule has 4 bridgehead atoms. The molecule has 4 rings (SSSR count). The van der Waals surface area contributed by atoms with Crippen LogP contribution in [0.3, 0.4) is 0 Å². The third kappa shape index (κ3) is 8.17. The van der Waals surface area contributed by atoms with E-state index in [0.717, 1.165) is 0 Å². The largest absolute Gasteiger partial charge is 0.492 e. The van der Waals surface area contributed by atoms with Gasteiger partial charge in [-0.05, 0) is 31.0 Å². The molecule has 2 aromatic rings. The van der Waals surface area contributed by atoms with Gasteiger partial charge in [-0.25, -0.2) is 0 Å². The lowest BCUT2D eigenvalue weighted by molar-refractivity contribution is -0.132. The Morgan fingerprint density at radius 1 is 1.11 bits per heavy atom. The lowest BCUT2D eigenvalue weighted by atomic mass is 10.0. The average Bonchev–Trinajstić information content (AvgIpc) is 3.31. The number of hydrogen-bond donors (Lipinski definition) is 4. The number of carbonyl (C=O) groups excluding carboxylic acids is 4. The molecule has 37 heavy (non-hydrogen) atoms. The molecule has 0 fully saturated rings. The maximum Gasteiger partial charge on any atom is 0.251 e. The van der Waals surface area contributed by atoms with Crippen LogP contribution in [0.5, 0.6) is 5.75 Å². The first-order chi connectivity index (χ1) is 17.6. The van der Waals surface area contributed by atoms with Crippen LogP contribution in [0.4, 0.5) is 0 Å². The molecular weight excluding hydrogens is 502 g/mol. The van der Waals surface area contributed by atoms with E-state index in [2.05, 4.69) is 31.6 Å². The van der Waals surface area contributed by atoms with E-state index in [4.69, 9.17) is 16.3 Å². The first kappa shape index (κ1) is 27.9. The smallest absolute Gasteiger partial charge is 0.251 e. The molecule has 4 amide bonds. The first-order valence-corrected chi connectivity index (χ1v) is 12.5. The van der Waals surface area contributed by atoms with Crippen LogP contribution in [-0.2, 0) is 27.5 Å². The molecule has 1 aromatic heterocycles. The zero-order valence-electron chi connectivity index (χ0n) is 21.0. The molecule has 12 nitrogen and oxygen atoms in total. The summed E-state index contributed by atoms with van der Waals surface area (Å²) in [5.74, 6) is -1.47. The number of hydrogen-bond acceptors (Lipinski definition) is 7. The molecular formula is C24H32ClN7O5. The molecule has 0 radical (unpaired) electrons. The number of fused-ring (bicyclic) bond motifs is 17. The average molecular weight is 534 g/mol. The van der Waals surface area contributed by atoms with E-state index in [0.29, 0.717) is 41.6 Å². The summed E-state index contributed by atoms with van der Waals surface area (Å²) in [6.45, 7) is 6.23. The van der Waals surface area contributed by atoms with Gasteiger partial charge < -0.3 is 26.0 Å². The minimum Gasteiger partial charge on any atom is -0.492 e. The lowest BCUT2D eigenvalue weighted by Crippen LogP contribution is -2.54. The van der Waals surface area contributed by atoms with Gasteiger partial charge in [0.1, 0.15) is 23.5 Å². The summed E-state index contributed by atoms with van der Waals surface area (Å²) >= 11 is 6.28. The molecule has 4 N–H and O–H groups in total. The number of aryl methyl sites for hydroxylation is 1. The van der Waals surface area contributed by atoms with Crippen molar-refractivity contribution in [1.82, 2.24) is 36.3 Å². The number of ether oxygens (including phenoxy) is 1. The second kappa shape index (κ2) is 13.0. The summed E-state index contributed by atoms with van der Waals surface area (Å²) in [7, 11) is 0. The van der Waals surface area contributed by atoms with Crippen LogP contribution in [0.25, 0.3) is 0 Å². The van der Waals surface area contributed by atoms with Crippen LogP contribution in [0.1, 0.15) is 49.7 Å². The van der Waals surface area contributed by atoms with Gasteiger partial charge >= 0.3 is 0 Å². The zero-order valence-corrected chi connectivity index (χ0v) is 21.8. The van der Waals surface area contributed by atoms with Crippen molar-refractivity contribution in [2.24, 2.45) is 5.92 Å². The third-order valence-electron chi connectivity index (χ3n) is 5.67. The van der Waals surface area contributed by atoms with Gasteiger partial charge in [-0.2, -0.15) is 0 Å². The number of nitrogens with zero attached hydrogens (tertiary/aromatic N) is 3. The summed E-state index contributed by atoms with van der Waals surface area (Å²) in [6.07, 6.45) is 2.30. The summed E-state index contributed by atoms with van der Waals surface area (Å²) in [6, 6.07) is 3.03. The topological polar surface area (TPSA) is 156 Å². The molecule has 0 unspecified atom stereocenters. The minimum atomic E-state index is -0.852. The van der Waals surface area contributed by atoms with E-state index in [1.54, 1.807) is 43.8 Å². The molecule has 200 valence electrons. The van der Waals surface area contributed by atoms with Crippen LogP contribution >= 0.6 is 11.6 Å². The molecule has 1 aromatic carbocycles. The van der Waals surface area contributed by atoms with Gasteiger partial charge in [-0.15, -0.1) is 5.10 Å². The van der Waals surface area contributed by atoms with Crippen molar-refractivity contribution in [1.29, 1.82) is 0 Å². The van der Waals surface area contributed by atoms with Crippen molar-refractivity contribution in [3.8, 4) is 5.75 Å². The monoisotopic (exact) mass is 533 g/mol. The fraction of sp³-hybridized carbons (Fsp3) is 0.500. The van der Waals surface area contributed by atoms with E-state index in [-0.39, 0.29) is 25.4 Å². The molecule has 0 saturated carbocycles. The van der Waals surface area contributed by atoms with E-state index in [9.17, 15) is 19.2 Å². The Labute approximate surface area is 219 Å². The summed E-state index contributed by atoms with van der Waals surface area (Å²) in [5.41, 5.74) is 0.889. The molecule has 2 aliphatic heterocycles. The first-order valence-electron chi connectivity index (χ1n) is 12.1. The fourth-order valence-electron chi connectivity index (χ4n) is 3.57. The SMILES string of the molecule is CC(C)[C@@H]1NC(=O)CCNC(=O)c2ccc(c(Cl)c2)OCCCn2cc(nn2)CNC(=O)[C@@H](C)NC1=O. The zero-order chi connectivity index (χ0) is 26.9. The normalized spacial score (nSPS) is 20.8. The van der Waals surface area contributed by atoms with E-state index < -0.39 is 35.7 Å². The maximum absolute atomic E-state index is 12.8. The van der Waals surface area contributed by atoms with Gasteiger partial charge in [0.25, 0.3) is 5.91 Å². The van der Waals surface area contributed by atoms with E-state index >= 15 is 0 Å². The summed E-state index contributed by atoms with van der Waals surface area (Å²) in [4.78, 5) is 50.2. The van der Waals surface area contributed by atoms with Crippen LogP contribution in [0.15, 0.2) is 24.4 Å². The predicted octanol–water partition coefficient (Wildman–Crippen LogP) is 0.796. The number of halogens is 1. The number of aromatic nitrogens is 3. The number of nitrogens with one attached hydrogen (secondary N) is 4. The Balaban J connectivity index is 1.73. The Morgan fingerprint density at radius 2 is 1.89 bits per heavy atom. The highest BCUT2D eigenvalue weighted by Gasteiger charge is 2.27. The van der Waals surface area contributed by atoms with Crippen LogP contribution in [0, 0.1) is 5.92 Å². The third-order valence-corrected chi connectivity index (χ3v) is 5.96. The van der Waals surface area contributed by atoms with Gasteiger partial charge in [-0.1, -0.05) is 30.7 Å². The van der Waals surface area contributed by atoms with Crippen molar-refractivity contribution >= 4 is 35.2 Å². The van der Waals surface area contributed by atoms with Crippen molar-refractivity contribution in [2.45, 2.75) is 58.8 Å². The quantitative estimate of drug-likeness (QED) is 0.395. The Hall–Kier alpha value is -3.67. The number of benzene rings is 1. The number of carbonyl (C=O) groups is 4. The van der Waals surface area contributed by atoms with E-state index in [1.807, 2.05) is 0 Å². The van der Waals surface area contributed by atoms with Gasteiger partial charge in [0.2, 0.25) is 17.7 Å². The molecule has 3 heterocycles. The Morgan fingerprint density at radius 3 is 2.62 bits per heavy atom. The van der Waals surface area contributed by atoms with Crippen molar-refractivity contribution in [2.75, 3.05) is 13.2 Å². The molecule has 2 aliphatic rings. The molecule has 0 saturated heterocycles. The summed E-state index contributed by atoms with van der Waals surface area (Å²) in [5, 5.41) is 19.1. The second-order valence-electron chi connectivity index (χ2n) is 9.06. The molecule has 0 spiro atoms. The number of amides is 4. The van der Waals surface area contributed by atoms with Crippen LogP contribution in [-0.4, -0.2) is 63.9 Å². The second-order valence-corrected chi connectivity index (χ2v) is 9.47. The van der Waals surface area contributed by atoms with E-state index in [1.165, 1.54) is 6.07 Å². The Bertz CT molecular complexity index is 1140. The van der Waals surface area contributed by atoms with Crippen molar-refractivity contribution < 1.29 is 23.9 Å². The number of rotatable bonds is 1. The highest BCUT2D eigenvalue weighted by Crippen LogP contribution is 2.25. The molecule has 0 aliphatic carbocycles. The fourth-order valence-corrected chi connectivity index (χ4v) is 3.80. The molecule has 13 heteroatoms. The highest BCUT2D eigenvalue weighted by molar-refractivity contribution is 6.32. The maximum atomic E-state index is 12.8. The lowest BCUT2D eigenvalue weighted by Gasteiger charge is -2.23. The minimum absolute atomic E-state index is 0.0338. The standard InChI is InChI=1S/C24H32ClN7O5/c1-14(2)21-24(36)28-15(3)22(34)27-12-17-13-32(31-30-17)9-4-10-37-19-6-5-16(11-18(19)25)23(35)26-8-7-20(33)29-21/h5-6,11,13-15,21H,4,7-10,12H2,1-3H3,(H,26,35)(H,27,34)(H,28,36)(H,29,33)/t15-,21+/m1/s1. The highest BCUT2D eigenvalue weighted by atomic mass is 35.5.